The predicted octanol–water partition coefficient (Wildman–Crippen LogP) is 1.14. The molecule has 0 rings (SSSR count). The molecule has 0 bridgehead atoms. The number of amides is 1. The Kier molecular flexibility index (Phi) is 9.00. The summed E-state index contributed by atoms with van der Waals surface area (Å²) in [6, 6.07) is 0. The fourth-order valence-electron chi connectivity index (χ4n) is 0.681. The Balaban J connectivity index is 0. The molecule has 0 spiro atoms. The zero-order valence-electron chi connectivity index (χ0n) is 6.89. The van der Waals surface area contributed by atoms with Gasteiger partial charge < -0.3 is 0 Å². The van der Waals surface area contributed by atoms with Gasteiger partial charge in [-0.1, -0.05) is 19.4 Å². The molecular weight excluding hydrogens is 164 g/mol. The summed E-state index contributed by atoms with van der Waals surface area (Å²) in [6.07, 6.45) is 3.36. The second-order valence-corrected chi connectivity index (χ2v) is 2.02. The maximum Gasteiger partial charge on any atom is 0.257 e. The molecule has 1 amide bonds. The number of carbonyl (C=O) groups excluding carboxylic acids is 1. The van der Waals surface area contributed by atoms with Crippen molar-refractivity contribution in [3.8, 4) is 0 Å². The normalized spacial score (nSPS) is 7.91. The fourth-order valence-corrected chi connectivity index (χ4v) is 0.681. The summed E-state index contributed by atoms with van der Waals surface area (Å²) in [5, 5.41) is 0. The average molecular weight is 179 g/mol. The first-order valence-corrected chi connectivity index (χ1v) is 3.44. The highest BCUT2D eigenvalue weighted by atomic mass is 35.5. The lowest BCUT2D eigenvalue weighted by Crippen LogP contribution is -2.28. The molecule has 0 unspecified atom stereocenters. The molecule has 0 radical (unpaired) electrons. The number of carbonyl (C=O) groups is 1. The van der Waals surface area contributed by atoms with Gasteiger partial charge in [0, 0.05) is 6.08 Å². The highest BCUT2D eigenvalue weighted by molar-refractivity contribution is 5.87. The molecule has 0 heterocycles. The van der Waals surface area contributed by atoms with E-state index in [4.69, 9.17) is 5.84 Å². The van der Waals surface area contributed by atoms with Gasteiger partial charge in [0.1, 0.15) is 0 Å². The molecular formula is C7H15ClN2O. The number of allylic oxidation sites excluding steroid dienone is 1. The third kappa shape index (κ3) is 5.88. The number of rotatable bonds is 3. The summed E-state index contributed by atoms with van der Waals surface area (Å²) >= 11 is 0. The van der Waals surface area contributed by atoms with E-state index in [0.717, 1.165) is 18.4 Å². The topological polar surface area (TPSA) is 55.1 Å². The molecule has 0 atom stereocenters. The van der Waals surface area contributed by atoms with Crippen LogP contribution in [-0.4, -0.2) is 5.91 Å². The molecule has 0 aliphatic carbocycles. The van der Waals surface area contributed by atoms with Gasteiger partial charge >= 0.3 is 0 Å². The van der Waals surface area contributed by atoms with Crippen molar-refractivity contribution in [2.45, 2.75) is 26.7 Å². The minimum Gasteiger partial charge on any atom is -0.291 e. The van der Waals surface area contributed by atoms with Gasteiger partial charge in [-0.3, -0.25) is 10.2 Å². The van der Waals surface area contributed by atoms with Gasteiger partial charge in [0.15, 0.2) is 0 Å². The van der Waals surface area contributed by atoms with Crippen molar-refractivity contribution in [1.29, 1.82) is 0 Å². The summed E-state index contributed by atoms with van der Waals surface area (Å²) in [5.41, 5.74) is 3.16. The van der Waals surface area contributed by atoms with Crippen LogP contribution < -0.4 is 11.3 Å². The number of nitrogens with two attached hydrogens (primary N) is 1. The Morgan fingerprint density at radius 1 is 1.45 bits per heavy atom. The zero-order valence-corrected chi connectivity index (χ0v) is 7.70. The highest BCUT2D eigenvalue weighted by Crippen LogP contribution is 2.03. The van der Waals surface area contributed by atoms with E-state index in [-0.39, 0.29) is 18.3 Å². The zero-order chi connectivity index (χ0) is 7.98. The van der Waals surface area contributed by atoms with Crippen LogP contribution in [0.1, 0.15) is 26.7 Å². The number of hydrogen-bond donors (Lipinski definition) is 2. The van der Waals surface area contributed by atoms with Crippen molar-refractivity contribution in [2.75, 3.05) is 0 Å². The van der Waals surface area contributed by atoms with E-state index in [9.17, 15) is 4.79 Å². The molecule has 3 nitrogen and oxygen atoms in total. The van der Waals surface area contributed by atoms with Crippen LogP contribution in [0.2, 0.25) is 0 Å². The Morgan fingerprint density at radius 3 is 2.18 bits per heavy atom. The Bertz CT molecular complexity index is 139. The third-order valence-electron chi connectivity index (χ3n) is 1.39. The lowest BCUT2D eigenvalue weighted by molar-refractivity contribution is -0.116. The first kappa shape index (κ1) is 13.1. The van der Waals surface area contributed by atoms with Crippen molar-refractivity contribution in [1.82, 2.24) is 5.43 Å². The van der Waals surface area contributed by atoms with E-state index in [1.165, 1.54) is 0 Å². The molecule has 66 valence electrons. The summed E-state index contributed by atoms with van der Waals surface area (Å²) < 4.78 is 0. The van der Waals surface area contributed by atoms with Gasteiger partial charge in [0.25, 0.3) is 5.91 Å². The summed E-state index contributed by atoms with van der Waals surface area (Å²) in [6.45, 7) is 4.03. The van der Waals surface area contributed by atoms with Crippen LogP contribution in [0.4, 0.5) is 0 Å². The lowest BCUT2D eigenvalue weighted by Gasteiger charge is -1.97. The molecule has 0 aromatic rings. The van der Waals surface area contributed by atoms with Gasteiger partial charge in [-0.2, -0.15) is 0 Å². The second-order valence-electron chi connectivity index (χ2n) is 2.02. The minimum absolute atomic E-state index is 0. The van der Waals surface area contributed by atoms with Crippen LogP contribution in [0.3, 0.4) is 0 Å². The number of hydrogen-bond acceptors (Lipinski definition) is 2. The first-order valence-electron chi connectivity index (χ1n) is 3.44. The van der Waals surface area contributed by atoms with E-state index in [0.29, 0.717) is 0 Å². The first-order chi connectivity index (χ1) is 4.74. The molecule has 0 saturated carbocycles. The molecule has 4 heteroatoms. The predicted molar refractivity (Wildman–Crippen MR) is 48.2 cm³/mol. The molecule has 0 aromatic heterocycles. The summed E-state index contributed by atoms with van der Waals surface area (Å²) in [7, 11) is 0. The van der Waals surface area contributed by atoms with Gasteiger partial charge in [0.2, 0.25) is 0 Å². The number of nitrogens with one attached hydrogen (secondary N) is 1. The van der Waals surface area contributed by atoms with Gasteiger partial charge in [0.05, 0.1) is 0 Å². The maximum atomic E-state index is 10.6. The standard InChI is InChI=1S/C7H14N2O.ClH/c1-3-6(4-2)5-7(10)9-8;/h5H,3-4,8H2,1-2H3,(H,9,10);1H. The largest absolute Gasteiger partial charge is 0.291 e. The smallest absolute Gasteiger partial charge is 0.257 e. The van der Waals surface area contributed by atoms with Crippen LogP contribution in [0, 0.1) is 0 Å². The number of halogens is 1. The second kappa shape index (κ2) is 7.57. The van der Waals surface area contributed by atoms with Crippen molar-refractivity contribution in [3.63, 3.8) is 0 Å². The quantitative estimate of drug-likeness (QED) is 0.295. The fraction of sp³-hybridized carbons (Fsp3) is 0.571. The molecule has 0 aliphatic rings. The third-order valence-corrected chi connectivity index (χ3v) is 1.39. The van der Waals surface area contributed by atoms with E-state index in [2.05, 4.69) is 0 Å². The lowest BCUT2D eigenvalue weighted by atomic mass is 10.1. The average Bonchev–Trinajstić information content (AvgIpc) is 1.99. The maximum absolute atomic E-state index is 10.6. The SMILES string of the molecule is CCC(=CC(=O)NN)CC.Cl. The summed E-state index contributed by atoms with van der Waals surface area (Å²) in [4.78, 5) is 10.6. The van der Waals surface area contributed by atoms with Crippen LogP contribution in [0.5, 0.6) is 0 Å². The molecule has 0 fully saturated rings. The van der Waals surface area contributed by atoms with Crippen LogP contribution in [0.15, 0.2) is 11.6 Å². The van der Waals surface area contributed by atoms with Crippen molar-refractivity contribution >= 4 is 18.3 Å². The van der Waals surface area contributed by atoms with Gasteiger partial charge in [-0.15, -0.1) is 12.4 Å². The summed E-state index contributed by atoms with van der Waals surface area (Å²) in [5.74, 6) is 4.66. The van der Waals surface area contributed by atoms with E-state index >= 15 is 0 Å². The van der Waals surface area contributed by atoms with E-state index < -0.39 is 0 Å². The van der Waals surface area contributed by atoms with Crippen LogP contribution in [0.25, 0.3) is 0 Å². The molecule has 3 N–H and O–H groups in total. The van der Waals surface area contributed by atoms with E-state index in [1.807, 2.05) is 19.3 Å². The van der Waals surface area contributed by atoms with E-state index in [1.54, 1.807) is 6.08 Å². The molecule has 0 aromatic carbocycles. The van der Waals surface area contributed by atoms with Crippen LogP contribution in [-0.2, 0) is 4.79 Å². The van der Waals surface area contributed by atoms with Crippen molar-refractivity contribution < 1.29 is 4.79 Å². The molecule has 0 aliphatic heterocycles. The molecule has 0 saturated heterocycles. The van der Waals surface area contributed by atoms with Gasteiger partial charge in [-0.25, -0.2) is 5.84 Å². The highest BCUT2D eigenvalue weighted by Gasteiger charge is 1.94. The van der Waals surface area contributed by atoms with Gasteiger partial charge in [-0.05, 0) is 12.8 Å². The van der Waals surface area contributed by atoms with Crippen LogP contribution >= 0.6 is 12.4 Å². The van der Waals surface area contributed by atoms with Crippen molar-refractivity contribution in [3.05, 3.63) is 11.6 Å². The monoisotopic (exact) mass is 178 g/mol. The van der Waals surface area contributed by atoms with Crippen molar-refractivity contribution in [2.24, 2.45) is 5.84 Å². The minimum atomic E-state index is -0.223. The Labute approximate surface area is 73.4 Å². The number of hydrazine groups is 1. The Hall–Kier alpha value is -0.540. The Morgan fingerprint density at radius 2 is 1.91 bits per heavy atom. The molecule has 11 heavy (non-hydrogen) atoms.